The van der Waals surface area contributed by atoms with Gasteiger partial charge in [0.15, 0.2) is 0 Å². The zero-order valence-corrected chi connectivity index (χ0v) is 10.8. The van der Waals surface area contributed by atoms with Crippen molar-refractivity contribution in [1.82, 2.24) is 0 Å². The molecule has 0 spiro atoms. The number of fused-ring (bicyclic) bond motifs is 1. The Balaban J connectivity index is 2.53. The Bertz CT molecular complexity index is 614. The summed E-state index contributed by atoms with van der Waals surface area (Å²) in [5.74, 6) is -0.135. The molecule has 1 N–H and O–H groups in total. The van der Waals surface area contributed by atoms with Crippen LogP contribution in [0.3, 0.4) is 0 Å². The summed E-state index contributed by atoms with van der Waals surface area (Å²) < 4.78 is 0. The summed E-state index contributed by atoms with van der Waals surface area (Å²) in [5.41, 5.74) is 2.65. The SMILES string of the molecule is C=C(C)C(=O)Nc1ccc(CC)c2ccccc12. The van der Waals surface area contributed by atoms with Crippen molar-refractivity contribution >= 4 is 22.4 Å². The van der Waals surface area contributed by atoms with E-state index >= 15 is 0 Å². The van der Waals surface area contributed by atoms with Gasteiger partial charge >= 0.3 is 0 Å². The fraction of sp³-hybridized carbons (Fsp3) is 0.188. The molecule has 0 bridgehead atoms. The van der Waals surface area contributed by atoms with Crippen molar-refractivity contribution in [2.24, 2.45) is 0 Å². The van der Waals surface area contributed by atoms with E-state index in [-0.39, 0.29) is 5.91 Å². The van der Waals surface area contributed by atoms with Gasteiger partial charge in [0, 0.05) is 16.6 Å². The van der Waals surface area contributed by atoms with Crippen LogP contribution in [-0.2, 0) is 11.2 Å². The molecular formula is C16H17NO. The number of hydrogen-bond donors (Lipinski definition) is 1. The molecule has 0 unspecified atom stereocenters. The molecule has 0 aliphatic carbocycles. The van der Waals surface area contributed by atoms with Crippen LogP contribution in [-0.4, -0.2) is 5.91 Å². The average molecular weight is 239 g/mol. The van der Waals surface area contributed by atoms with E-state index in [9.17, 15) is 4.79 Å². The first-order chi connectivity index (χ1) is 8.63. The lowest BCUT2D eigenvalue weighted by molar-refractivity contribution is -0.112. The van der Waals surface area contributed by atoms with E-state index in [4.69, 9.17) is 0 Å². The first kappa shape index (κ1) is 12.4. The molecule has 0 heterocycles. The molecule has 1 amide bonds. The minimum Gasteiger partial charge on any atom is -0.322 e. The van der Waals surface area contributed by atoms with Crippen molar-refractivity contribution in [3.8, 4) is 0 Å². The Labute approximate surface area is 107 Å². The maximum atomic E-state index is 11.7. The first-order valence-corrected chi connectivity index (χ1v) is 6.11. The minimum atomic E-state index is -0.135. The van der Waals surface area contributed by atoms with Crippen molar-refractivity contribution in [3.63, 3.8) is 0 Å². The number of carbonyl (C=O) groups is 1. The number of aryl methyl sites for hydroxylation is 1. The smallest absolute Gasteiger partial charge is 0.250 e. The second-order valence-electron chi connectivity index (χ2n) is 4.41. The highest BCUT2D eigenvalue weighted by Gasteiger charge is 2.07. The van der Waals surface area contributed by atoms with Crippen molar-refractivity contribution < 1.29 is 4.79 Å². The van der Waals surface area contributed by atoms with Crippen LogP contribution in [0.25, 0.3) is 10.8 Å². The molecule has 92 valence electrons. The maximum Gasteiger partial charge on any atom is 0.250 e. The summed E-state index contributed by atoms with van der Waals surface area (Å²) in [6, 6.07) is 12.1. The lowest BCUT2D eigenvalue weighted by Crippen LogP contribution is -2.12. The van der Waals surface area contributed by atoms with Gasteiger partial charge in [-0.3, -0.25) is 4.79 Å². The molecule has 2 aromatic rings. The molecule has 0 atom stereocenters. The first-order valence-electron chi connectivity index (χ1n) is 6.11. The van der Waals surface area contributed by atoms with Crippen LogP contribution in [0.5, 0.6) is 0 Å². The average Bonchev–Trinajstić information content (AvgIpc) is 2.39. The second-order valence-corrected chi connectivity index (χ2v) is 4.41. The third kappa shape index (κ3) is 2.28. The molecular weight excluding hydrogens is 222 g/mol. The molecule has 18 heavy (non-hydrogen) atoms. The maximum absolute atomic E-state index is 11.7. The van der Waals surface area contributed by atoms with Gasteiger partial charge in [0.25, 0.3) is 5.91 Å². The highest BCUT2D eigenvalue weighted by Crippen LogP contribution is 2.27. The summed E-state index contributed by atoms with van der Waals surface area (Å²) in [4.78, 5) is 11.7. The highest BCUT2D eigenvalue weighted by molar-refractivity contribution is 6.08. The van der Waals surface area contributed by atoms with E-state index in [2.05, 4.69) is 31.0 Å². The molecule has 0 saturated heterocycles. The van der Waals surface area contributed by atoms with Crippen LogP contribution in [0.2, 0.25) is 0 Å². The summed E-state index contributed by atoms with van der Waals surface area (Å²) >= 11 is 0. The summed E-state index contributed by atoms with van der Waals surface area (Å²) in [6.45, 7) is 7.49. The normalized spacial score (nSPS) is 10.3. The van der Waals surface area contributed by atoms with Gasteiger partial charge in [0.1, 0.15) is 0 Å². The highest BCUT2D eigenvalue weighted by atomic mass is 16.1. The van der Waals surface area contributed by atoms with Gasteiger partial charge in [-0.05, 0) is 30.4 Å². The number of carbonyl (C=O) groups excluding carboxylic acids is 1. The standard InChI is InChI=1S/C16H17NO/c1-4-12-9-10-15(17-16(18)11(2)3)14-8-6-5-7-13(12)14/h5-10H,2,4H2,1,3H3,(H,17,18). The molecule has 0 fully saturated rings. The number of nitrogens with one attached hydrogen (secondary N) is 1. The zero-order valence-electron chi connectivity index (χ0n) is 10.8. The van der Waals surface area contributed by atoms with Crippen LogP contribution in [0, 0.1) is 0 Å². The lowest BCUT2D eigenvalue weighted by atomic mass is 10.0. The summed E-state index contributed by atoms with van der Waals surface area (Å²) in [7, 11) is 0. The second kappa shape index (κ2) is 5.05. The quantitative estimate of drug-likeness (QED) is 0.808. The number of benzene rings is 2. The number of rotatable bonds is 3. The Hall–Kier alpha value is -2.09. The fourth-order valence-electron chi connectivity index (χ4n) is 2.01. The Morgan fingerprint density at radius 3 is 2.44 bits per heavy atom. The van der Waals surface area contributed by atoms with E-state index in [1.54, 1.807) is 6.92 Å². The van der Waals surface area contributed by atoms with Crippen LogP contribution in [0.15, 0.2) is 48.6 Å². The number of anilines is 1. The monoisotopic (exact) mass is 239 g/mol. The fourth-order valence-corrected chi connectivity index (χ4v) is 2.01. The van der Waals surface area contributed by atoms with E-state index in [0.717, 1.165) is 17.5 Å². The molecule has 2 nitrogen and oxygen atoms in total. The molecule has 0 saturated carbocycles. The van der Waals surface area contributed by atoms with Crippen LogP contribution in [0.4, 0.5) is 5.69 Å². The van der Waals surface area contributed by atoms with Crippen LogP contribution in [0.1, 0.15) is 19.4 Å². The predicted molar refractivity (Wildman–Crippen MR) is 76.8 cm³/mol. The van der Waals surface area contributed by atoms with Gasteiger partial charge in [0.05, 0.1) is 0 Å². The Kier molecular flexibility index (Phi) is 3.47. The van der Waals surface area contributed by atoms with Crippen molar-refractivity contribution in [2.75, 3.05) is 5.32 Å². The van der Waals surface area contributed by atoms with E-state index < -0.39 is 0 Å². The third-order valence-electron chi connectivity index (χ3n) is 3.03. The number of hydrogen-bond acceptors (Lipinski definition) is 1. The number of amides is 1. The van der Waals surface area contributed by atoms with E-state index in [1.807, 2.05) is 24.3 Å². The van der Waals surface area contributed by atoms with Crippen molar-refractivity contribution in [3.05, 3.63) is 54.1 Å². The summed E-state index contributed by atoms with van der Waals surface area (Å²) in [6.07, 6.45) is 0.981. The molecule has 0 radical (unpaired) electrons. The van der Waals surface area contributed by atoms with E-state index in [1.165, 1.54) is 10.9 Å². The largest absolute Gasteiger partial charge is 0.322 e. The third-order valence-corrected chi connectivity index (χ3v) is 3.03. The van der Waals surface area contributed by atoms with Gasteiger partial charge in [-0.15, -0.1) is 0 Å². The summed E-state index contributed by atoms with van der Waals surface area (Å²) in [5, 5.41) is 5.17. The molecule has 2 rings (SSSR count). The predicted octanol–water partition coefficient (Wildman–Crippen LogP) is 3.92. The van der Waals surface area contributed by atoms with Crippen molar-refractivity contribution in [1.29, 1.82) is 0 Å². The Morgan fingerprint density at radius 2 is 1.83 bits per heavy atom. The molecule has 0 aliphatic heterocycles. The zero-order chi connectivity index (χ0) is 13.1. The topological polar surface area (TPSA) is 29.1 Å². The van der Waals surface area contributed by atoms with E-state index in [0.29, 0.717) is 5.57 Å². The van der Waals surface area contributed by atoms with Gasteiger partial charge in [0.2, 0.25) is 0 Å². The van der Waals surface area contributed by atoms with Crippen LogP contribution < -0.4 is 5.32 Å². The van der Waals surface area contributed by atoms with Gasteiger partial charge in [-0.25, -0.2) is 0 Å². The van der Waals surface area contributed by atoms with Gasteiger partial charge in [-0.1, -0.05) is 43.8 Å². The lowest BCUT2D eigenvalue weighted by Gasteiger charge is -2.11. The molecule has 0 aromatic heterocycles. The van der Waals surface area contributed by atoms with Crippen LogP contribution >= 0.6 is 0 Å². The molecule has 2 heteroatoms. The molecule has 2 aromatic carbocycles. The van der Waals surface area contributed by atoms with Crippen molar-refractivity contribution in [2.45, 2.75) is 20.3 Å². The van der Waals surface area contributed by atoms with Gasteiger partial charge in [-0.2, -0.15) is 0 Å². The van der Waals surface area contributed by atoms with Gasteiger partial charge < -0.3 is 5.32 Å². The Morgan fingerprint density at radius 1 is 1.17 bits per heavy atom. The molecule has 0 aliphatic rings. The minimum absolute atomic E-state index is 0.135.